The van der Waals surface area contributed by atoms with Crippen LogP contribution in [0.25, 0.3) is 0 Å². The first-order valence-corrected chi connectivity index (χ1v) is 7.54. The number of benzene rings is 1. The normalized spacial score (nSPS) is 14.0. The van der Waals surface area contributed by atoms with Crippen molar-refractivity contribution in [2.24, 2.45) is 0 Å². The third-order valence-corrected chi connectivity index (χ3v) is 4.05. The second-order valence-electron chi connectivity index (χ2n) is 4.95. The minimum Gasteiger partial charge on any atom is -0.497 e. The molecule has 1 aliphatic heterocycles. The van der Waals surface area contributed by atoms with Crippen LogP contribution in [-0.2, 0) is 13.0 Å². The number of carbonyl (C=O) groups excluding carboxylic acids is 1. The van der Waals surface area contributed by atoms with Crippen molar-refractivity contribution in [1.29, 1.82) is 0 Å². The predicted octanol–water partition coefficient (Wildman–Crippen LogP) is 3.05. The van der Waals surface area contributed by atoms with Gasteiger partial charge in [-0.25, -0.2) is 4.98 Å². The Labute approximate surface area is 131 Å². The van der Waals surface area contributed by atoms with Gasteiger partial charge in [0, 0.05) is 19.5 Å². The van der Waals surface area contributed by atoms with Crippen molar-refractivity contribution in [3.8, 4) is 5.75 Å². The number of hydrogen-bond donors (Lipinski definition) is 0. The average Bonchev–Trinajstić information content (AvgIpc) is 2.51. The number of ether oxygens (including phenoxy) is 1. The highest BCUT2D eigenvalue weighted by Gasteiger charge is 2.25. The molecule has 0 saturated heterocycles. The quantitative estimate of drug-likeness (QED) is 0.802. The molecule has 2 heterocycles. The first kappa shape index (κ1) is 14.1. The first-order valence-electron chi connectivity index (χ1n) is 6.75. The highest BCUT2D eigenvalue weighted by atomic mass is 79.9. The monoisotopic (exact) mass is 346 g/mol. The largest absolute Gasteiger partial charge is 0.497 e. The molecule has 0 radical (unpaired) electrons. The van der Waals surface area contributed by atoms with Crippen LogP contribution >= 0.6 is 15.9 Å². The fraction of sp³-hybridized carbons (Fsp3) is 0.250. The van der Waals surface area contributed by atoms with Crippen LogP contribution in [-0.4, -0.2) is 29.4 Å². The van der Waals surface area contributed by atoms with E-state index in [9.17, 15) is 4.79 Å². The number of aromatic nitrogens is 1. The first-order chi connectivity index (χ1) is 10.2. The van der Waals surface area contributed by atoms with E-state index in [1.165, 1.54) is 0 Å². The van der Waals surface area contributed by atoms with E-state index < -0.39 is 0 Å². The van der Waals surface area contributed by atoms with Crippen LogP contribution in [0.3, 0.4) is 0 Å². The van der Waals surface area contributed by atoms with Gasteiger partial charge in [0.1, 0.15) is 10.4 Å². The molecule has 0 N–H and O–H groups in total. The maximum Gasteiger partial charge on any atom is 0.256 e. The second-order valence-corrected chi connectivity index (χ2v) is 5.77. The van der Waals surface area contributed by atoms with Gasteiger partial charge in [-0.15, -0.1) is 0 Å². The van der Waals surface area contributed by atoms with E-state index in [0.29, 0.717) is 18.7 Å². The van der Waals surface area contributed by atoms with Crippen LogP contribution in [0.15, 0.2) is 41.0 Å². The number of carbonyl (C=O) groups is 1. The summed E-state index contributed by atoms with van der Waals surface area (Å²) < 4.78 is 5.92. The highest BCUT2D eigenvalue weighted by Crippen LogP contribution is 2.22. The molecular formula is C16H15BrN2O2. The van der Waals surface area contributed by atoms with Crippen LogP contribution in [0.2, 0.25) is 0 Å². The minimum atomic E-state index is 0.0482. The number of amides is 1. The molecule has 1 amide bonds. The summed E-state index contributed by atoms with van der Waals surface area (Å²) >= 11 is 3.34. The van der Waals surface area contributed by atoms with Crippen molar-refractivity contribution in [1.82, 2.24) is 9.88 Å². The predicted molar refractivity (Wildman–Crippen MR) is 83.4 cm³/mol. The van der Waals surface area contributed by atoms with Crippen molar-refractivity contribution in [3.63, 3.8) is 0 Å². The molecule has 0 spiro atoms. The van der Waals surface area contributed by atoms with Gasteiger partial charge in [0.05, 0.1) is 18.4 Å². The van der Waals surface area contributed by atoms with E-state index in [4.69, 9.17) is 4.74 Å². The molecule has 1 aromatic carbocycles. The number of nitrogens with zero attached hydrogens (tertiary/aromatic N) is 2. The van der Waals surface area contributed by atoms with Gasteiger partial charge in [0.25, 0.3) is 5.91 Å². The number of rotatable bonds is 3. The third-order valence-electron chi connectivity index (χ3n) is 3.61. The Hall–Kier alpha value is -1.88. The number of fused-ring (bicyclic) bond motifs is 1. The summed E-state index contributed by atoms with van der Waals surface area (Å²) in [6, 6.07) is 11.5. The van der Waals surface area contributed by atoms with E-state index in [0.717, 1.165) is 28.0 Å². The second kappa shape index (κ2) is 5.85. The third kappa shape index (κ3) is 2.93. The molecule has 5 heteroatoms. The molecular weight excluding hydrogens is 332 g/mol. The minimum absolute atomic E-state index is 0.0482. The van der Waals surface area contributed by atoms with Crippen molar-refractivity contribution in [3.05, 3.63) is 57.8 Å². The molecule has 2 aromatic rings. The summed E-state index contributed by atoms with van der Waals surface area (Å²) in [4.78, 5) is 18.7. The van der Waals surface area contributed by atoms with Gasteiger partial charge in [0.2, 0.25) is 0 Å². The van der Waals surface area contributed by atoms with Gasteiger partial charge in [-0.1, -0.05) is 12.1 Å². The van der Waals surface area contributed by atoms with Crippen LogP contribution in [0, 0.1) is 0 Å². The zero-order valence-corrected chi connectivity index (χ0v) is 13.3. The Morgan fingerprint density at radius 1 is 1.24 bits per heavy atom. The molecule has 4 nitrogen and oxygen atoms in total. The number of pyridine rings is 1. The SMILES string of the molecule is COc1ccc(CN2CCc3nc(Br)ccc3C2=O)cc1. The molecule has 0 saturated carbocycles. The van der Waals surface area contributed by atoms with Crippen LogP contribution in [0.1, 0.15) is 21.6 Å². The Bertz CT molecular complexity index is 670. The molecule has 0 aliphatic carbocycles. The van der Waals surface area contributed by atoms with E-state index in [2.05, 4.69) is 20.9 Å². The summed E-state index contributed by atoms with van der Waals surface area (Å²) in [5.74, 6) is 0.871. The molecule has 0 atom stereocenters. The standard InChI is InChI=1S/C16H15BrN2O2/c1-21-12-4-2-11(3-5-12)10-19-9-8-14-13(16(19)20)6-7-15(17)18-14/h2-7H,8-10H2,1H3. The fourth-order valence-electron chi connectivity index (χ4n) is 2.47. The van der Waals surface area contributed by atoms with Crippen molar-refractivity contribution in [2.45, 2.75) is 13.0 Å². The lowest BCUT2D eigenvalue weighted by Gasteiger charge is -2.28. The Morgan fingerprint density at radius 2 is 2.00 bits per heavy atom. The van der Waals surface area contributed by atoms with Crippen LogP contribution < -0.4 is 4.74 Å². The number of halogens is 1. The lowest BCUT2D eigenvalue weighted by Crippen LogP contribution is -2.37. The summed E-state index contributed by atoms with van der Waals surface area (Å²) in [6.07, 6.45) is 0.788. The number of hydrogen-bond acceptors (Lipinski definition) is 3. The van der Waals surface area contributed by atoms with E-state index in [-0.39, 0.29) is 5.91 Å². The van der Waals surface area contributed by atoms with Gasteiger partial charge < -0.3 is 9.64 Å². The molecule has 1 aliphatic rings. The molecule has 108 valence electrons. The molecule has 0 bridgehead atoms. The maximum absolute atomic E-state index is 12.5. The molecule has 0 unspecified atom stereocenters. The molecule has 0 fully saturated rings. The topological polar surface area (TPSA) is 42.4 Å². The lowest BCUT2D eigenvalue weighted by atomic mass is 10.0. The zero-order valence-electron chi connectivity index (χ0n) is 11.7. The Kier molecular flexibility index (Phi) is 3.92. The fourth-order valence-corrected chi connectivity index (χ4v) is 2.82. The smallest absolute Gasteiger partial charge is 0.256 e. The van der Waals surface area contributed by atoms with Crippen molar-refractivity contribution in [2.75, 3.05) is 13.7 Å². The van der Waals surface area contributed by atoms with Crippen molar-refractivity contribution >= 4 is 21.8 Å². The van der Waals surface area contributed by atoms with Gasteiger partial charge in [0.15, 0.2) is 0 Å². The van der Waals surface area contributed by atoms with Crippen LogP contribution in [0.5, 0.6) is 5.75 Å². The van der Waals surface area contributed by atoms with Gasteiger partial charge in [-0.2, -0.15) is 0 Å². The van der Waals surface area contributed by atoms with E-state index >= 15 is 0 Å². The van der Waals surface area contributed by atoms with Crippen LogP contribution in [0.4, 0.5) is 0 Å². The molecule has 21 heavy (non-hydrogen) atoms. The average molecular weight is 347 g/mol. The Balaban J connectivity index is 1.78. The zero-order chi connectivity index (χ0) is 14.8. The lowest BCUT2D eigenvalue weighted by molar-refractivity contribution is 0.0725. The van der Waals surface area contributed by atoms with E-state index in [1.54, 1.807) is 7.11 Å². The summed E-state index contributed by atoms with van der Waals surface area (Å²) in [5, 5.41) is 0. The highest BCUT2D eigenvalue weighted by molar-refractivity contribution is 9.10. The van der Waals surface area contributed by atoms with Gasteiger partial charge >= 0.3 is 0 Å². The Morgan fingerprint density at radius 3 is 2.71 bits per heavy atom. The number of methoxy groups -OCH3 is 1. The van der Waals surface area contributed by atoms with Gasteiger partial charge in [-0.3, -0.25) is 4.79 Å². The molecule has 3 rings (SSSR count). The van der Waals surface area contributed by atoms with Crippen molar-refractivity contribution < 1.29 is 9.53 Å². The molecule has 1 aromatic heterocycles. The maximum atomic E-state index is 12.5. The summed E-state index contributed by atoms with van der Waals surface area (Å²) in [5.41, 5.74) is 2.68. The summed E-state index contributed by atoms with van der Waals surface area (Å²) in [6.45, 7) is 1.31. The van der Waals surface area contributed by atoms with Gasteiger partial charge in [-0.05, 0) is 45.8 Å². The van der Waals surface area contributed by atoms with E-state index in [1.807, 2.05) is 41.3 Å². The summed E-state index contributed by atoms with van der Waals surface area (Å²) in [7, 11) is 1.64.